The van der Waals surface area contributed by atoms with Crippen molar-refractivity contribution in [3.05, 3.63) is 39.8 Å². The van der Waals surface area contributed by atoms with Gasteiger partial charge in [-0.2, -0.15) is 0 Å². The van der Waals surface area contributed by atoms with Gasteiger partial charge in [-0.05, 0) is 68.5 Å². The van der Waals surface area contributed by atoms with Crippen LogP contribution < -0.4 is 4.72 Å². The van der Waals surface area contributed by atoms with Crippen molar-refractivity contribution in [1.82, 2.24) is 4.90 Å². The van der Waals surface area contributed by atoms with Crippen molar-refractivity contribution in [2.45, 2.75) is 61.2 Å². The summed E-state index contributed by atoms with van der Waals surface area (Å²) in [6, 6.07) is 4.66. The molecule has 10 heteroatoms. The first kappa shape index (κ1) is 25.1. The topological polar surface area (TPSA) is 92.8 Å². The quantitative estimate of drug-likeness (QED) is 0.426. The normalized spacial score (nSPS) is 16.5. The van der Waals surface area contributed by atoms with Crippen LogP contribution in [0.3, 0.4) is 0 Å². The minimum absolute atomic E-state index is 0.00524. The van der Waals surface area contributed by atoms with E-state index in [0.717, 1.165) is 66.7 Å². The summed E-state index contributed by atoms with van der Waals surface area (Å²) in [6.07, 6.45) is 9.52. The van der Waals surface area contributed by atoms with Gasteiger partial charge in [-0.3, -0.25) is 9.52 Å². The van der Waals surface area contributed by atoms with Crippen LogP contribution in [0.2, 0.25) is 0 Å². The van der Waals surface area contributed by atoms with Crippen molar-refractivity contribution in [1.29, 1.82) is 0 Å². The molecule has 1 fully saturated rings. The molecule has 1 aliphatic carbocycles. The summed E-state index contributed by atoms with van der Waals surface area (Å²) in [7, 11) is -2.72. The zero-order valence-electron chi connectivity index (χ0n) is 19.5. The lowest BCUT2D eigenvalue weighted by molar-refractivity contribution is 0.0600. The van der Waals surface area contributed by atoms with Crippen LogP contribution in [0.5, 0.6) is 0 Å². The summed E-state index contributed by atoms with van der Waals surface area (Å²) >= 11 is 2.72. The van der Waals surface area contributed by atoms with Crippen molar-refractivity contribution in [2.75, 3.05) is 31.2 Å². The molecule has 2 aliphatic rings. The molecule has 0 saturated carbocycles. The highest BCUT2D eigenvalue weighted by molar-refractivity contribution is 7.98. The van der Waals surface area contributed by atoms with Crippen molar-refractivity contribution >= 4 is 50.0 Å². The van der Waals surface area contributed by atoms with Gasteiger partial charge in [-0.1, -0.05) is 12.8 Å². The SMILES string of the molecule is COC(=O)c1c(NS(=O)(=O)c2ccc(SC)c(C(=O)N3CCCCCC3)c2)sc2c1CCCC2. The largest absolute Gasteiger partial charge is 0.465 e. The molecule has 2 heterocycles. The van der Waals surface area contributed by atoms with Crippen LogP contribution in [0.1, 0.15) is 69.7 Å². The van der Waals surface area contributed by atoms with E-state index in [1.54, 1.807) is 6.07 Å². The molecule has 0 spiro atoms. The number of fused-ring (bicyclic) bond motifs is 1. The molecule has 0 radical (unpaired) electrons. The highest BCUT2D eigenvalue weighted by Crippen LogP contribution is 2.39. The Hall–Kier alpha value is -2.04. The predicted octanol–water partition coefficient (Wildman–Crippen LogP) is 4.95. The van der Waals surface area contributed by atoms with Crippen LogP contribution in [0.4, 0.5) is 5.00 Å². The second-order valence-corrected chi connectivity index (χ2v) is 12.2. The van der Waals surface area contributed by atoms with Crippen LogP contribution in [-0.2, 0) is 27.6 Å². The Labute approximate surface area is 209 Å². The Morgan fingerprint density at radius 2 is 1.76 bits per heavy atom. The number of esters is 1. The van der Waals surface area contributed by atoms with Gasteiger partial charge in [-0.25, -0.2) is 13.2 Å². The molecule has 34 heavy (non-hydrogen) atoms. The molecule has 2 aromatic rings. The third kappa shape index (κ3) is 5.13. The van der Waals surface area contributed by atoms with Gasteiger partial charge >= 0.3 is 5.97 Å². The standard InChI is InChI=1S/C24H30N2O5S3/c1-31-24(28)21-17-9-5-6-10-20(17)33-22(21)25-34(29,30)16-11-12-19(32-2)18(15-16)23(27)26-13-7-3-4-8-14-26/h11-12,15,25H,3-10,13-14H2,1-2H3. The molecule has 1 aromatic heterocycles. The van der Waals surface area contributed by atoms with Crippen LogP contribution in [-0.4, -0.2) is 51.6 Å². The Morgan fingerprint density at radius 3 is 2.44 bits per heavy atom. The lowest BCUT2D eigenvalue weighted by Crippen LogP contribution is -2.32. The number of anilines is 1. The summed E-state index contributed by atoms with van der Waals surface area (Å²) in [5, 5.41) is 0.285. The Morgan fingerprint density at radius 1 is 1.06 bits per heavy atom. The van der Waals surface area contributed by atoms with Gasteiger partial charge in [0.15, 0.2) is 0 Å². The number of ether oxygens (including phenoxy) is 1. The number of aryl methyl sites for hydroxylation is 1. The molecule has 184 valence electrons. The van der Waals surface area contributed by atoms with E-state index in [9.17, 15) is 18.0 Å². The number of benzene rings is 1. The van der Waals surface area contributed by atoms with E-state index in [-0.39, 0.29) is 15.8 Å². The fourth-order valence-corrected chi connectivity index (χ4v) is 7.78. The first-order valence-electron chi connectivity index (χ1n) is 11.6. The first-order valence-corrected chi connectivity index (χ1v) is 15.1. The lowest BCUT2D eigenvalue weighted by Gasteiger charge is -2.22. The number of hydrogen-bond donors (Lipinski definition) is 1. The van der Waals surface area contributed by atoms with Crippen LogP contribution in [0.15, 0.2) is 28.0 Å². The Balaban J connectivity index is 1.68. The van der Waals surface area contributed by atoms with E-state index in [0.29, 0.717) is 24.2 Å². The van der Waals surface area contributed by atoms with E-state index in [1.807, 2.05) is 11.2 Å². The van der Waals surface area contributed by atoms with Gasteiger partial charge in [0.05, 0.1) is 23.1 Å². The fraction of sp³-hybridized carbons (Fsp3) is 0.500. The average molecular weight is 523 g/mol. The average Bonchev–Trinajstić information content (AvgIpc) is 2.99. The number of thiophene rings is 1. The minimum atomic E-state index is -4.02. The summed E-state index contributed by atoms with van der Waals surface area (Å²) < 4.78 is 34.4. The smallest absolute Gasteiger partial charge is 0.341 e. The zero-order chi connectivity index (χ0) is 24.3. The summed E-state index contributed by atoms with van der Waals surface area (Å²) in [6.45, 7) is 1.37. The van der Waals surface area contributed by atoms with Gasteiger partial charge < -0.3 is 9.64 Å². The third-order valence-electron chi connectivity index (χ3n) is 6.39. The van der Waals surface area contributed by atoms with Gasteiger partial charge in [0, 0.05) is 22.9 Å². The van der Waals surface area contributed by atoms with Gasteiger partial charge in [0.1, 0.15) is 5.00 Å². The van der Waals surface area contributed by atoms with E-state index in [1.165, 1.54) is 42.3 Å². The molecule has 1 aromatic carbocycles. The van der Waals surface area contributed by atoms with Crippen molar-refractivity contribution in [3.63, 3.8) is 0 Å². The number of thioether (sulfide) groups is 1. The molecule has 0 atom stereocenters. The molecule has 4 rings (SSSR count). The van der Waals surface area contributed by atoms with Crippen molar-refractivity contribution in [3.8, 4) is 0 Å². The van der Waals surface area contributed by atoms with E-state index >= 15 is 0 Å². The van der Waals surface area contributed by atoms with Gasteiger partial charge in [-0.15, -0.1) is 23.1 Å². The fourth-order valence-electron chi connectivity index (χ4n) is 4.60. The summed E-state index contributed by atoms with van der Waals surface area (Å²) in [5.74, 6) is -0.669. The number of likely N-dealkylation sites (tertiary alicyclic amines) is 1. The molecule has 1 aliphatic heterocycles. The van der Waals surface area contributed by atoms with E-state index in [2.05, 4.69) is 4.72 Å². The van der Waals surface area contributed by atoms with Crippen LogP contribution in [0, 0.1) is 0 Å². The van der Waals surface area contributed by atoms with E-state index in [4.69, 9.17) is 4.74 Å². The maximum atomic E-state index is 13.4. The first-order chi connectivity index (χ1) is 16.4. The summed E-state index contributed by atoms with van der Waals surface area (Å²) in [5.41, 5.74) is 1.60. The highest BCUT2D eigenvalue weighted by Gasteiger charge is 2.29. The number of methoxy groups -OCH3 is 1. The van der Waals surface area contributed by atoms with Gasteiger partial charge in [0.25, 0.3) is 15.9 Å². The molecular weight excluding hydrogens is 492 g/mol. The maximum Gasteiger partial charge on any atom is 0.341 e. The molecular formula is C24H30N2O5S3. The van der Waals surface area contributed by atoms with Crippen LogP contribution in [0.25, 0.3) is 0 Å². The number of rotatable bonds is 6. The number of hydrogen-bond acceptors (Lipinski definition) is 7. The van der Waals surface area contributed by atoms with Gasteiger partial charge in [0.2, 0.25) is 0 Å². The molecule has 7 nitrogen and oxygen atoms in total. The monoisotopic (exact) mass is 522 g/mol. The molecule has 1 amide bonds. The van der Waals surface area contributed by atoms with Crippen LogP contribution >= 0.6 is 23.1 Å². The molecule has 1 N–H and O–H groups in total. The molecule has 0 unspecified atom stereocenters. The maximum absolute atomic E-state index is 13.4. The molecule has 1 saturated heterocycles. The number of carbonyl (C=O) groups is 2. The van der Waals surface area contributed by atoms with Crippen molar-refractivity contribution < 1.29 is 22.7 Å². The van der Waals surface area contributed by atoms with E-state index < -0.39 is 16.0 Å². The molecule has 0 bridgehead atoms. The number of nitrogens with one attached hydrogen (secondary N) is 1. The minimum Gasteiger partial charge on any atom is -0.465 e. The summed E-state index contributed by atoms with van der Waals surface area (Å²) in [4.78, 5) is 29.4. The lowest BCUT2D eigenvalue weighted by atomic mass is 9.95. The highest BCUT2D eigenvalue weighted by atomic mass is 32.2. The number of nitrogens with zero attached hydrogens (tertiary/aromatic N) is 1. The second kappa shape index (κ2) is 10.7. The van der Waals surface area contributed by atoms with Crippen molar-refractivity contribution in [2.24, 2.45) is 0 Å². The predicted molar refractivity (Wildman–Crippen MR) is 136 cm³/mol. The Kier molecular flexibility index (Phi) is 7.89. The number of carbonyl (C=O) groups excluding carboxylic acids is 2. The second-order valence-electron chi connectivity index (χ2n) is 8.58. The third-order valence-corrected chi connectivity index (χ3v) is 9.87. The zero-order valence-corrected chi connectivity index (χ0v) is 22.0. The Bertz CT molecular complexity index is 1180. The number of amides is 1. The number of sulfonamides is 1.